The third-order valence-electron chi connectivity index (χ3n) is 2.99. The van der Waals surface area contributed by atoms with E-state index in [1.807, 2.05) is 38.1 Å². The number of para-hydroxylation sites is 1. The van der Waals surface area contributed by atoms with Crippen LogP contribution in [0.3, 0.4) is 0 Å². The van der Waals surface area contributed by atoms with Crippen LogP contribution in [-0.2, 0) is 6.54 Å². The van der Waals surface area contributed by atoms with Crippen LogP contribution in [0.25, 0.3) is 0 Å². The molecule has 0 atom stereocenters. The zero-order valence-corrected chi connectivity index (χ0v) is 14.9. The normalized spacial score (nSPS) is 12.3. The summed E-state index contributed by atoms with van der Waals surface area (Å²) in [7, 11) is -1.63. The Hall–Kier alpha value is -2.01. The van der Waals surface area contributed by atoms with E-state index in [0.717, 1.165) is 22.7 Å². The van der Waals surface area contributed by atoms with Gasteiger partial charge < -0.3 is 4.43 Å². The smallest absolute Gasteiger partial charge is 0.242 e. The fraction of sp³-hybridized carbons (Fsp3) is 0.353. The van der Waals surface area contributed by atoms with Gasteiger partial charge in [-0.1, -0.05) is 18.2 Å². The zero-order chi connectivity index (χ0) is 16.2. The second kappa shape index (κ2) is 6.83. The van der Waals surface area contributed by atoms with Gasteiger partial charge in [0.2, 0.25) is 8.32 Å². The molecule has 1 aromatic heterocycles. The Morgan fingerprint density at radius 2 is 1.91 bits per heavy atom. The van der Waals surface area contributed by atoms with Gasteiger partial charge >= 0.3 is 0 Å². The molecule has 0 radical (unpaired) electrons. The Morgan fingerprint density at radius 3 is 2.59 bits per heavy atom. The van der Waals surface area contributed by atoms with Gasteiger partial charge in [-0.3, -0.25) is 4.99 Å². The van der Waals surface area contributed by atoms with Crippen LogP contribution in [0.15, 0.2) is 41.5 Å². The maximum Gasteiger partial charge on any atom is 0.242 e. The Labute approximate surface area is 133 Å². The fourth-order valence-corrected chi connectivity index (χ4v) is 2.82. The van der Waals surface area contributed by atoms with E-state index in [-0.39, 0.29) is 0 Å². The third kappa shape index (κ3) is 4.77. The van der Waals surface area contributed by atoms with E-state index < -0.39 is 8.32 Å². The summed E-state index contributed by atoms with van der Waals surface area (Å²) in [4.78, 5) is 13.3. The van der Waals surface area contributed by atoms with Crippen LogP contribution in [-0.4, -0.2) is 24.0 Å². The van der Waals surface area contributed by atoms with Crippen LogP contribution in [0, 0.1) is 6.92 Å². The molecule has 0 fully saturated rings. The van der Waals surface area contributed by atoms with Gasteiger partial charge in [0.1, 0.15) is 5.75 Å². The molecule has 0 saturated heterocycles. The number of aliphatic imine (C=N–C) groups is 1. The number of hydrogen-bond acceptors (Lipinski definition) is 4. The molecule has 0 N–H and O–H groups in total. The molecule has 0 spiro atoms. The first-order valence-corrected chi connectivity index (χ1v) is 10.8. The minimum Gasteiger partial charge on any atom is -0.544 e. The van der Waals surface area contributed by atoms with Gasteiger partial charge in [-0.05, 0) is 45.6 Å². The molecule has 116 valence electrons. The van der Waals surface area contributed by atoms with E-state index in [1.54, 1.807) is 6.20 Å². The second-order valence-electron chi connectivity index (χ2n) is 6.25. The molecule has 0 saturated carbocycles. The van der Waals surface area contributed by atoms with Gasteiger partial charge in [-0.25, -0.2) is 9.97 Å². The molecule has 2 aromatic rings. The predicted molar refractivity (Wildman–Crippen MR) is 93.1 cm³/mol. The molecule has 5 heteroatoms. The van der Waals surface area contributed by atoms with Crippen molar-refractivity contribution in [1.29, 1.82) is 0 Å². The van der Waals surface area contributed by atoms with Crippen molar-refractivity contribution < 1.29 is 4.43 Å². The molecule has 0 unspecified atom stereocenters. The average molecular weight is 313 g/mol. The highest BCUT2D eigenvalue weighted by atomic mass is 28.4. The molecule has 1 aromatic carbocycles. The van der Waals surface area contributed by atoms with E-state index >= 15 is 0 Å². The zero-order valence-electron chi connectivity index (χ0n) is 13.9. The van der Waals surface area contributed by atoms with Gasteiger partial charge in [0.15, 0.2) is 5.82 Å². The molecule has 0 aliphatic rings. The summed E-state index contributed by atoms with van der Waals surface area (Å²) in [6.45, 7) is 11.0. The van der Waals surface area contributed by atoms with E-state index in [4.69, 9.17) is 4.43 Å². The third-order valence-corrected chi connectivity index (χ3v) is 3.83. The molecule has 1 heterocycles. The summed E-state index contributed by atoms with van der Waals surface area (Å²) in [6.07, 6.45) is 1.76. The summed E-state index contributed by atoms with van der Waals surface area (Å²) >= 11 is 0. The van der Waals surface area contributed by atoms with E-state index in [9.17, 15) is 0 Å². The van der Waals surface area contributed by atoms with Crippen molar-refractivity contribution >= 4 is 14.0 Å². The van der Waals surface area contributed by atoms with E-state index in [0.29, 0.717) is 12.4 Å². The van der Waals surface area contributed by atoms with Crippen LogP contribution in [0.1, 0.15) is 24.0 Å². The number of aromatic nitrogens is 2. The Kier molecular flexibility index (Phi) is 5.08. The molecule has 4 nitrogen and oxygen atoms in total. The topological polar surface area (TPSA) is 47.4 Å². The van der Waals surface area contributed by atoms with Crippen LogP contribution < -0.4 is 4.43 Å². The fourth-order valence-electron chi connectivity index (χ4n) is 1.96. The molecule has 22 heavy (non-hydrogen) atoms. The molecule has 0 amide bonds. The quantitative estimate of drug-likeness (QED) is 0.619. The van der Waals surface area contributed by atoms with Gasteiger partial charge in [-0.2, -0.15) is 0 Å². The van der Waals surface area contributed by atoms with Crippen LogP contribution in [0.4, 0.5) is 0 Å². The maximum absolute atomic E-state index is 6.13. The number of aryl methyl sites for hydroxylation is 1. The van der Waals surface area contributed by atoms with Gasteiger partial charge in [0, 0.05) is 17.5 Å². The largest absolute Gasteiger partial charge is 0.544 e. The van der Waals surface area contributed by atoms with Gasteiger partial charge in [0.25, 0.3) is 0 Å². The monoisotopic (exact) mass is 313 g/mol. The van der Waals surface area contributed by atoms with Crippen LogP contribution in [0.2, 0.25) is 19.6 Å². The molecule has 0 aliphatic carbocycles. The summed E-state index contributed by atoms with van der Waals surface area (Å²) in [5, 5.41) is 0. The first-order valence-electron chi connectivity index (χ1n) is 7.43. The lowest BCUT2D eigenvalue weighted by Gasteiger charge is -2.21. The molecular weight excluding hydrogens is 290 g/mol. The first kappa shape index (κ1) is 16.4. The molecule has 0 aliphatic heterocycles. The van der Waals surface area contributed by atoms with Gasteiger partial charge in [0.05, 0.1) is 12.3 Å². The summed E-state index contributed by atoms with van der Waals surface area (Å²) < 4.78 is 6.13. The lowest BCUT2D eigenvalue weighted by atomic mass is 10.2. The van der Waals surface area contributed by atoms with Crippen molar-refractivity contribution in [2.45, 2.75) is 40.0 Å². The van der Waals surface area contributed by atoms with Crippen molar-refractivity contribution in [3.63, 3.8) is 0 Å². The van der Waals surface area contributed by atoms with Crippen molar-refractivity contribution in [2.24, 2.45) is 4.99 Å². The highest BCUT2D eigenvalue weighted by Crippen LogP contribution is 2.22. The SMILES string of the molecule is CC(=NCc1ccccc1O[Si](C)(C)C)c1nccc(C)n1. The minimum atomic E-state index is -1.63. The van der Waals surface area contributed by atoms with Crippen molar-refractivity contribution in [3.05, 3.63) is 53.6 Å². The minimum absolute atomic E-state index is 0.573. The molecule has 0 bridgehead atoms. The second-order valence-corrected chi connectivity index (χ2v) is 10.7. The summed E-state index contributed by atoms with van der Waals surface area (Å²) in [5.74, 6) is 1.62. The first-order chi connectivity index (χ1) is 10.3. The van der Waals surface area contributed by atoms with Crippen molar-refractivity contribution in [3.8, 4) is 5.75 Å². The average Bonchev–Trinajstić information content (AvgIpc) is 2.44. The highest BCUT2D eigenvalue weighted by molar-refractivity contribution is 6.70. The number of rotatable bonds is 5. The number of nitrogens with zero attached hydrogens (tertiary/aromatic N) is 3. The highest BCUT2D eigenvalue weighted by Gasteiger charge is 2.17. The van der Waals surface area contributed by atoms with Crippen LogP contribution >= 0.6 is 0 Å². The standard InChI is InChI=1S/C17H23N3OSi/c1-13-10-11-18-17(20-13)14(2)19-12-15-8-6-7-9-16(15)21-22(3,4)5/h6-11H,12H2,1-5H3. The Balaban J connectivity index is 2.19. The lowest BCUT2D eigenvalue weighted by Crippen LogP contribution is -2.29. The lowest BCUT2D eigenvalue weighted by molar-refractivity contribution is 0.549. The summed E-state index contributed by atoms with van der Waals surface area (Å²) in [5.41, 5.74) is 2.88. The van der Waals surface area contributed by atoms with Gasteiger partial charge in [-0.15, -0.1) is 0 Å². The molecule has 2 rings (SSSR count). The van der Waals surface area contributed by atoms with E-state index in [2.05, 4.69) is 40.7 Å². The predicted octanol–water partition coefficient (Wildman–Crippen LogP) is 4.01. The van der Waals surface area contributed by atoms with Crippen LogP contribution in [0.5, 0.6) is 5.75 Å². The Morgan fingerprint density at radius 1 is 1.18 bits per heavy atom. The maximum atomic E-state index is 6.13. The summed E-state index contributed by atoms with van der Waals surface area (Å²) in [6, 6.07) is 9.97. The van der Waals surface area contributed by atoms with E-state index in [1.165, 1.54) is 0 Å². The number of hydrogen-bond donors (Lipinski definition) is 0. The molecular formula is C17H23N3OSi. The number of benzene rings is 1. The van der Waals surface area contributed by atoms with Crippen molar-refractivity contribution in [2.75, 3.05) is 0 Å². The Bertz CT molecular complexity index is 678. The van der Waals surface area contributed by atoms with Crippen molar-refractivity contribution in [1.82, 2.24) is 9.97 Å².